The van der Waals surface area contributed by atoms with Crippen LogP contribution in [0.3, 0.4) is 0 Å². The van der Waals surface area contributed by atoms with Gasteiger partial charge < -0.3 is 16.0 Å². The second-order valence-electron chi connectivity index (χ2n) is 5.54. The molecule has 0 saturated heterocycles. The number of nitrogens with zero attached hydrogens (tertiary/aromatic N) is 1. The zero-order valence-electron chi connectivity index (χ0n) is 13.6. The van der Waals surface area contributed by atoms with Crippen molar-refractivity contribution in [3.05, 3.63) is 29.3 Å². The number of benzene rings is 1. The molecule has 0 fully saturated rings. The van der Waals surface area contributed by atoms with Gasteiger partial charge in [0.15, 0.2) is 0 Å². The van der Waals surface area contributed by atoms with Crippen LogP contribution in [0, 0.1) is 6.92 Å². The van der Waals surface area contributed by atoms with Crippen LogP contribution < -0.4 is 16.0 Å². The number of amides is 1. The van der Waals surface area contributed by atoms with Crippen molar-refractivity contribution in [2.75, 3.05) is 24.5 Å². The highest BCUT2D eigenvalue weighted by molar-refractivity contribution is 5.80. The summed E-state index contributed by atoms with van der Waals surface area (Å²) in [5, 5.41) is 3.41. The van der Waals surface area contributed by atoms with E-state index in [0.717, 1.165) is 44.6 Å². The number of rotatable bonds is 10. The Hall–Kier alpha value is -1.55. The van der Waals surface area contributed by atoms with E-state index in [1.807, 2.05) is 0 Å². The van der Waals surface area contributed by atoms with E-state index in [0.29, 0.717) is 0 Å². The monoisotopic (exact) mass is 291 g/mol. The van der Waals surface area contributed by atoms with E-state index in [9.17, 15) is 4.79 Å². The summed E-state index contributed by atoms with van der Waals surface area (Å²) in [6.45, 7) is 9.49. The van der Waals surface area contributed by atoms with Gasteiger partial charge in [0, 0.05) is 18.8 Å². The predicted molar refractivity (Wildman–Crippen MR) is 89.5 cm³/mol. The van der Waals surface area contributed by atoms with Crippen LogP contribution in [0.1, 0.15) is 44.2 Å². The number of hydrogen-bond acceptors (Lipinski definition) is 3. The first-order chi connectivity index (χ1) is 10.1. The molecule has 0 radical (unpaired) electrons. The Morgan fingerprint density at radius 1 is 1.29 bits per heavy atom. The fraction of sp³-hybridized carbons (Fsp3) is 0.588. The van der Waals surface area contributed by atoms with Crippen molar-refractivity contribution in [2.24, 2.45) is 5.73 Å². The molecule has 3 N–H and O–H groups in total. The van der Waals surface area contributed by atoms with E-state index in [1.54, 1.807) is 0 Å². The van der Waals surface area contributed by atoms with Gasteiger partial charge in [0.25, 0.3) is 0 Å². The summed E-state index contributed by atoms with van der Waals surface area (Å²) in [5.41, 5.74) is 8.96. The molecule has 1 aromatic rings. The molecule has 21 heavy (non-hydrogen) atoms. The molecule has 0 atom stereocenters. The molecule has 0 aromatic heterocycles. The van der Waals surface area contributed by atoms with Gasteiger partial charge in [-0.2, -0.15) is 0 Å². The molecule has 1 aromatic carbocycles. The summed E-state index contributed by atoms with van der Waals surface area (Å²) in [7, 11) is 0. The van der Waals surface area contributed by atoms with Crippen molar-refractivity contribution in [1.29, 1.82) is 0 Å². The molecule has 0 aliphatic carbocycles. The lowest BCUT2D eigenvalue weighted by atomic mass is 10.1. The third kappa shape index (κ3) is 6.17. The Kier molecular flexibility index (Phi) is 7.83. The summed E-state index contributed by atoms with van der Waals surface area (Å²) in [6.07, 6.45) is 3.31. The average Bonchev–Trinajstić information content (AvgIpc) is 2.44. The Bertz CT molecular complexity index is 446. The van der Waals surface area contributed by atoms with Gasteiger partial charge in [-0.3, -0.25) is 4.79 Å². The third-order valence-corrected chi connectivity index (χ3v) is 3.49. The molecule has 0 bridgehead atoms. The van der Waals surface area contributed by atoms with Crippen LogP contribution in [0.25, 0.3) is 0 Å². The lowest BCUT2D eigenvalue weighted by Gasteiger charge is -2.25. The molecule has 0 unspecified atom stereocenters. The fourth-order valence-corrected chi connectivity index (χ4v) is 2.41. The van der Waals surface area contributed by atoms with Crippen molar-refractivity contribution in [2.45, 2.75) is 46.6 Å². The maximum Gasteiger partial charge on any atom is 0.236 e. The van der Waals surface area contributed by atoms with E-state index in [-0.39, 0.29) is 12.5 Å². The first kappa shape index (κ1) is 17.5. The van der Waals surface area contributed by atoms with Crippen molar-refractivity contribution >= 4 is 11.6 Å². The quantitative estimate of drug-likeness (QED) is 0.651. The molecule has 1 rings (SSSR count). The molecular weight excluding hydrogens is 262 g/mol. The van der Waals surface area contributed by atoms with Crippen LogP contribution in [-0.4, -0.2) is 25.5 Å². The number of hydrogen-bond donors (Lipinski definition) is 2. The number of carbonyl (C=O) groups is 1. The summed E-state index contributed by atoms with van der Waals surface area (Å²) >= 11 is 0. The molecule has 118 valence electrons. The molecule has 0 aliphatic heterocycles. The van der Waals surface area contributed by atoms with Gasteiger partial charge in [-0.15, -0.1) is 0 Å². The molecule has 0 saturated carbocycles. The standard InChI is InChI=1S/C17H29N3O/c1-4-6-10-20(13-17(18)21)16-8-7-15(11-14(16)3)12-19-9-5-2/h7-8,11,19H,4-6,9-10,12-13H2,1-3H3,(H2,18,21). The number of nitrogens with one attached hydrogen (secondary N) is 1. The summed E-state index contributed by atoms with van der Waals surface area (Å²) < 4.78 is 0. The zero-order chi connectivity index (χ0) is 15.7. The minimum absolute atomic E-state index is 0.279. The molecule has 4 nitrogen and oxygen atoms in total. The van der Waals surface area contributed by atoms with Crippen molar-refractivity contribution in [3.8, 4) is 0 Å². The topological polar surface area (TPSA) is 58.4 Å². The minimum Gasteiger partial charge on any atom is -0.368 e. The number of anilines is 1. The fourth-order valence-electron chi connectivity index (χ4n) is 2.41. The second kappa shape index (κ2) is 9.40. The summed E-state index contributed by atoms with van der Waals surface area (Å²) in [4.78, 5) is 13.4. The van der Waals surface area contributed by atoms with Gasteiger partial charge in [-0.25, -0.2) is 0 Å². The van der Waals surface area contributed by atoms with E-state index >= 15 is 0 Å². The largest absolute Gasteiger partial charge is 0.368 e. The van der Waals surface area contributed by atoms with Gasteiger partial charge in [-0.05, 0) is 43.5 Å². The number of unbranched alkanes of at least 4 members (excludes halogenated alkanes) is 1. The van der Waals surface area contributed by atoms with Gasteiger partial charge in [0.1, 0.15) is 0 Å². The second-order valence-corrected chi connectivity index (χ2v) is 5.54. The molecule has 0 heterocycles. The van der Waals surface area contributed by atoms with E-state index in [4.69, 9.17) is 5.73 Å². The zero-order valence-corrected chi connectivity index (χ0v) is 13.6. The molecule has 4 heteroatoms. The Morgan fingerprint density at radius 2 is 2.05 bits per heavy atom. The predicted octanol–water partition coefficient (Wildman–Crippen LogP) is 2.59. The van der Waals surface area contributed by atoms with Crippen LogP contribution in [0.4, 0.5) is 5.69 Å². The lowest BCUT2D eigenvalue weighted by Crippen LogP contribution is -2.35. The minimum atomic E-state index is -0.279. The highest BCUT2D eigenvalue weighted by atomic mass is 16.1. The van der Waals surface area contributed by atoms with Crippen molar-refractivity contribution < 1.29 is 4.79 Å². The maximum atomic E-state index is 11.3. The SMILES string of the molecule is CCCCN(CC(N)=O)c1ccc(CNCCC)cc1C. The number of primary amides is 1. The van der Waals surface area contributed by atoms with Gasteiger partial charge >= 0.3 is 0 Å². The number of carbonyl (C=O) groups excluding carboxylic acids is 1. The van der Waals surface area contributed by atoms with Crippen LogP contribution in [0.15, 0.2) is 18.2 Å². The Morgan fingerprint density at radius 3 is 2.62 bits per heavy atom. The molecular formula is C17H29N3O. The number of aryl methyl sites for hydroxylation is 1. The van der Waals surface area contributed by atoms with Crippen LogP contribution >= 0.6 is 0 Å². The average molecular weight is 291 g/mol. The smallest absolute Gasteiger partial charge is 0.236 e. The van der Waals surface area contributed by atoms with Gasteiger partial charge in [0.2, 0.25) is 5.91 Å². The summed E-state index contributed by atoms with van der Waals surface area (Å²) in [6, 6.07) is 6.43. The highest BCUT2D eigenvalue weighted by Gasteiger charge is 2.11. The molecule has 1 amide bonds. The maximum absolute atomic E-state index is 11.3. The normalized spacial score (nSPS) is 10.6. The first-order valence-electron chi connectivity index (χ1n) is 7.92. The number of nitrogens with two attached hydrogens (primary N) is 1. The molecule has 0 spiro atoms. The van der Waals surface area contributed by atoms with Crippen molar-refractivity contribution in [3.63, 3.8) is 0 Å². The first-order valence-corrected chi connectivity index (χ1v) is 7.92. The molecule has 0 aliphatic rings. The van der Waals surface area contributed by atoms with E-state index in [1.165, 1.54) is 11.1 Å². The van der Waals surface area contributed by atoms with Crippen LogP contribution in [-0.2, 0) is 11.3 Å². The lowest BCUT2D eigenvalue weighted by molar-refractivity contribution is -0.116. The van der Waals surface area contributed by atoms with Gasteiger partial charge in [0.05, 0.1) is 6.54 Å². The van der Waals surface area contributed by atoms with E-state index in [2.05, 4.69) is 49.2 Å². The van der Waals surface area contributed by atoms with Gasteiger partial charge in [-0.1, -0.05) is 32.4 Å². The highest BCUT2D eigenvalue weighted by Crippen LogP contribution is 2.21. The Labute approximate surface area is 128 Å². The Balaban J connectivity index is 2.80. The third-order valence-electron chi connectivity index (χ3n) is 3.49. The van der Waals surface area contributed by atoms with Crippen molar-refractivity contribution in [1.82, 2.24) is 5.32 Å². The summed E-state index contributed by atoms with van der Waals surface area (Å²) in [5.74, 6) is -0.279. The van der Waals surface area contributed by atoms with Crippen LogP contribution in [0.2, 0.25) is 0 Å². The van der Waals surface area contributed by atoms with E-state index < -0.39 is 0 Å². The van der Waals surface area contributed by atoms with Crippen LogP contribution in [0.5, 0.6) is 0 Å².